The number of aromatic nitrogens is 4. The van der Waals surface area contributed by atoms with Gasteiger partial charge in [0.25, 0.3) is 5.91 Å². The van der Waals surface area contributed by atoms with E-state index in [2.05, 4.69) is 25.7 Å². The lowest BCUT2D eigenvalue weighted by Crippen LogP contribution is -2.31. The molecular formula is C22H20N6O. The van der Waals surface area contributed by atoms with E-state index in [0.29, 0.717) is 11.5 Å². The minimum Gasteiger partial charge on any atom is -0.361 e. The zero-order chi connectivity index (χ0) is 20.0. The molecule has 144 valence electrons. The minimum atomic E-state index is -0.394. The lowest BCUT2D eigenvalue weighted by atomic mass is 9.94. The maximum absolute atomic E-state index is 13.4. The molecule has 1 aliphatic heterocycles. The van der Waals surface area contributed by atoms with Gasteiger partial charge in [-0.15, -0.1) is 0 Å². The van der Waals surface area contributed by atoms with Crippen LogP contribution in [0.3, 0.4) is 0 Å². The summed E-state index contributed by atoms with van der Waals surface area (Å²) in [4.78, 5) is 21.0. The molecule has 7 nitrogen and oxygen atoms in total. The van der Waals surface area contributed by atoms with Crippen molar-refractivity contribution >= 4 is 28.4 Å². The molecule has 5 rings (SSSR count). The number of allylic oxidation sites excluding steroid dienone is 1. The van der Waals surface area contributed by atoms with Crippen molar-refractivity contribution in [2.75, 3.05) is 10.6 Å². The first-order valence-electron chi connectivity index (χ1n) is 9.43. The third-order valence-corrected chi connectivity index (χ3v) is 5.23. The number of rotatable bonds is 3. The number of carbonyl (C=O) groups excluding carboxylic acids is 1. The van der Waals surface area contributed by atoms with Crippen LogP contribution in [-0.2, 0) is 4.79 Å². The molecule has 29 heavy (non-hydrogen) atoms. The van der Waals surface area contributed by atoms with Crippen LogP contribution < -0.4 is 10.6 Å². The first-order valence-corrected chi connectivity index (χ1v) is 9.43. The summed E-state index contributed by atoms with van der Waals surface area (Å²) in [7, 11) is 0. The van der Waals surface area contributed by atoms with Gasteiger partial charge in [0.2, 0.25) is 5.95 Å². The molecule has 0 aliphatic carbocycles. The number of hydrogen-bond donors (Lipinski definition) is 3. The summed E-state index contributed by atoms with van der Waals surface area (Å²) in [5.41, 5.74) is 5.20. The van der Waals surface area contributed by atoms with Crippen molar-refractivity contribution in [1.82, 2.24) is 19.7 Å². The number of amides is 1. The molecule has 2 aromatic heterocycles. The SMILES string of the molecule is CC1=C(C(=O)Nc2cccc(C)c2)C(c2c[nH]c3ccccc23)n2ncnc2N1. The van der Waals surface area contributed by atoms with Gasteiger partial charge < -0.3 is 15.6 Å². The number of hydrogen-bond acceptors (Lipinski definition) is 4. The summed E-state index contributed by atoms with van der Waals surface area (Å²) in [5, 5.41) is 11.7. The Morgan fingerprint density at radius 3 is 2.86 bits per heavy atom. The fraction of sp³-hybridized carbons (Fsp3) is 0.136. The zero-order valence-electron chi connectivity index (χ0n) is 16.1. The Balaban J connectivity index is 1.63. The van der Waals surface area contributed by atoms with Crippen molar-refractivity contribution < 1.29 is 4.79 Å². The predicted molar refractivity (Wildman–Crippen MR) is 113 cm³/mol. The van der Waals surface area contributed by atoms with Crippen LogP contribution >= 0.6 is 0 Å². The van der Waals surface area contributed by atoms with E-state index in [4.69, 9.17) is 0 Å². The second-order valence-corrected chi connectivity index (χ2v) is 7.21. The van der Waals surface area contributed by atoms with Crippen molar-refractivity contribution in [3.63, 3.8) is 0 Å². The Labute approximate surface area is 167 Å². The molecule has 0 saturated carbocycles. The lowest BCUT2D eigenvalue weighted by molar-refractivity contribution is -0.113. The molecule has 4 aromatic rings. The molecule has 0 saturated heterocycles. The number of anilines is 2. The zero-order valence-corrected chi connectivity index (χ0v) is 16.1. The first-order chi connectivity index (χ1) is 14.1. The predicted octanol–water partition coefficient (Wildman–Crippen LogP) is 4.00. The minimum absolute atomic E-state index is 0.169. The van der Waals surface area contributed by atoms with E-state index in [-0.39, 0.29) is 5.91 Å². The molecule has 1 atom stereocenters. The van der Waals surface area contributed by atoms with Crippen molar-refractivity contribution in [2.45, 2.75) is 19.9 Å². The van der Waals surface area contributed by atoms with Crippen LogP contribution in [0.2, 0.25) is 0 Å². The second-order valence-electron chi connectivity index (χ2n) is 7.21. The standard InChI is InChI=1S/C22H20N6O/c1-13-6-5-7-15(10-13)27-21(29)19-14(2)26-22-24-12-25-28(22)20(19)17-11-23-18-9-4-3-8-16(17)18/h3-12,20,23H,1-2H3,(H,27,29)(H,24,25,26). The Bertz CT molecular complexity index is 1270. The average Bonchev–Trinajstić information content (AvgIpc) is 3.33. The van der Waals surface area contributed by atoms with Gasteiger partial charge in [0.15, 0.2) is 0 Å². The Kier molecular flexibility index (Phi) is 3.94. The van der Waals surface area contributed by atoms with Gasteiger partial charge in [0.05, 0.1) is 5.57 Å². The van der Waals surface area contributed by atoms with Crippen LogP contribution in [0, 0.1) is 6.92 Å². The van der Waals surface area contributed by atoms with Crippen LogP contribution in [-0.4, -0.2) is 25.7 Å². The first kappa shape index (κ1) is 17.2. The topological polar surface area (TPSA) is 87.6 Å². The summed E-state index contributed by atoms with van der Waals surface area (Å²) in [6, 6.07) is 15.4. The Morgan fingerprint density at radius 2 is 2.00 bits per heavy atom. The molecule has 7 heteroatoms. The van der Waals surface area contributed by atoms with Crippen molar-refractivity contribution in [1.29, 1.82) is 0 Å². The van der Waals surface area contributed by atoms with Crippen LogP contribution in [0.15, 0.2) is 72.3 Å². The van der Waals surface area contributed by atoms with E-state index in [1.807, 2.05) is 68.6 Å². The quantitative estimate of drug-likeness (QED) is 0.498. The lowest BCUT2D eigenvalue weighted by Gasteiger charge is -2.28. The number of aromatic amines is 1. The van der Waals surface area contributed by atoms with E-state index in [0.717, 1.165) is 33.4 Å². The van der Waals surface area contributed by atoms with E-state index in [1.54, 1.807) is 4.68 Å². The van der Waals surface area contributed by atoms with Crippen LogP contribution in [0.4, 0.5) is 11.6 Å². The summed E-state index contributed by atoms with van der Waals surface area (Å²) < 4.78 is 1.76. The van der Waals surface area contributed by atoms with E-state index >= 15 is 0 Å². The fourth-order valence-corrected chi connectivity index (χ4v) is 3.91. The van der Waals surface area contributed by atoms with Gasteiger partial charge in [0, 0.05) is 34.0 Å². The summed E-state index contributed by atoms with van der Waals surface area (Å²) in [6.07, 6.45) is 3.44. The molecule has 2 aromatic carbocycles. The fourth-order valence-electron chi connectivity index (χ4n) is 3.91. The molecule has 1 amide bonds. The van der Waals surface area contributed by atoms with Gasteiger partial charge >= 0.3 is 0 Å². The normalized spacial score (nSPS) is 15.9. The molecule has 3 N–H and O–H groups in total. The molecular weight excluding hydrogens is 364 g/mol. The van der Waals surface area contributed by atoms with Crippen LogP contribution in [0.5, 0.6) is 0 Å². The monoisotopic (exact) mass is 384 g/mol. The van der Waals surface area contributed by atoms with E-state index < -0.39 is 6.04 Å². The largest absolute Gasteiger partial charge is 0.361 e. The van der Waals surface area contributed by atoms with Gasteiger partial charge in [-0.1, -0.05) is 30.3 Å². The van der Waals surface area contributed by atoms with Crippen LogP contribution in [0.1, 0.15) is 24.1 Å². The highest BCUT2D eigenvalue weighted by Gasteiger charge is 2.34. The third-order valence-electron chi connectivity index (χ3n) is 5.23. The van der Waals surface area contributed by atoms with Gasteiger partial charge in [-0.05, 0) is 37.6 Å². The summed E-state index contributed by atoms with van der Waals surface area (Å²) >= 11 is 0. The highest BCUT2D eigenvalue weighted by atomic mass is 16.1. The van der Waals surface area contributed by atoms with Gasteiger partial charge in [-0.2, -0.15) is 10.1 Å². The number of nitrogens with one attached hydrogen (secondary N) is 3. The molecule has 0 fully saturated rings. The third kappa shape index (κ3) is 2.87. The maximum atomic E-state index is 13.4. The maximum Gasteiger partial charge on any atom is 0.255 e. The molecule has 0 radical (unpaired) electrons. The van der Waals surface area contributed by atoms with Crippen molar-refractivity contribution in [3.8, 4) is 0 Å². The smallest absolute Gasteiger partial charge is 0.255 e. The summed E-state index contributed by atoms with van der Waals surface area (Å²) in [6.45, 7) is 3.89. The summed E-state index contributed by atoms with van der Waals surface area (Å²) in [5.74, 6) is 0.446. The number of nitrogens with zero attached hydrogens (tertiary/aromatic N) is 3. The van der Waals surface area contributed by atoms with E-state index in [9.17, 15) is 4.79 Å². The molecule has 3 heterocycles. The Hall–Kier alpha value is -3.87. The number of fused-ring (bicyclic) bond motifs is 2. The number of benzene rings is 2. The van der Waals surface area contributed by atoms with Crippen LogP contribution in [0.25, 0.3) is 10.9 Å². The van der Waals surface area contributed by atoms with Gasteiger partial charge in [0.1, 0.15) is 12.4 Å². The number of H-pyrrole nitrogens is 1. The van der Waals surface area contributed by atoms with E-state index in [1.165, 1.54) is 6.33 Å². The number of aryl methyl sites for hydroxylation is 1. The highest BCUT2D eigenvalue weighted by Crippen LogP contribution is 2.38. The highest BCUT2D eigenvalue weighted by molar-refractivity contribution is 6.06. The number of para-hydroxylation sites is 1. The molecule has 1 aliphatic rings. The molecule has 0 spiro atoms. The molecule has 0 bridgehead atoms. The molecule has 1 unspecified atom stereocenters. The van der Waals surface area contributed by atoms with Crippen molar-refractivity contribution in [3.05, 3.63) is 83.5 Å². The van der Waals surface area contributed by atoms with Crippen molar-refractivity contribution in [2.24, 2.45) is 0 Å². The average molecular weight is 384 g/mol. The Morgan fingerprint density at radius 1 is 1.14 bits per heavy atom. The number of carbonyl (C=O) groups is 1. The van der Waals surface area contributed by atoms with Gasteiger partial charge in [-0.3, -0.25) is 4.79 Å². The van der Waals surface area contributed by atoms with Gasteiger partial charge in [-0.25, -0.2) is 4.68 Å². The second kappa shape index (κ2) is 6.63.